The van der Waals surface area contributed by atoms with E-state index in [1.54, 1.807) is 12.3 Å². The summed E-state index contributed by atoms with van der Waals surface area (Å²) in [4.78, 5) is 3.94. The minimum Gasteiger partial charge on any atom is -0.435 e. The number of nitrogens with two attached hydrogens (primary N) is 1. The zero-order valence-electron chi connectivity index (χ0n) is 10.8. The highest BCUT2D eigenvalue weighted by atomic mass is 19.3. The Morgan fingerprint density at radius 2 is 1.85 bits per heavy atom. The summed E-state index contributed by atoms with van der Waals surface area (Å²) in [5.41, 5.74) is 7.60. The van der Waals surface area contributed by atoms with Gasteiger partial charge in [0, 0.05) is 11.8 Å². The van der Waals surface area contributed by atoms with Crippen LogP contribution in [0.15, 0.2) is 36.5 Å². The second-order valence-electron chi connectivity index (χ2n) is 4.28. The number of aliphatic hydroxyl groups excluding tert-OH is 1. The normalized spacial score (nSPS) is 12.4. The number of ether oxygens (including phenoxy) is 1. The smallest absolute Gasteiger partial charge is 0.387 e. The van der Waals surface area contributed by atoms with E-state index in [9.17, 15) is 13.9 Å². The van der Waals surface area contributed by atoms with Gasteiger partial charge in [0.2, 0.25) is 0 Å². The summed E-state index contributed by atoms with van der Waals surface area (Å²) in [6.07, 6.45) is 0.588. The lowest BCUT2D eigenvalue weighted by atomic mass is 9.98. The van der Waals surface area contributed by atoms with Crippen molar-refractivity contribution in [2.45, 2.75) is 19.6 Å². The molecule has 20 heavy (non-hydrogen) atoms. The van der Waals surface area contributed by atoms with Crippen LogP contribution in [0.5, 0.6) is 5.75 Å². The molecule has 3 N–H and O–H groups in total. The monoisotopic (exact) mass is 280 g/mol. The number of aromatic nitrogens is 1. The van der Waals surface area contributed by atoms with Crippen molar-refractivity contribution in [3.05, 3.63) is 53.2 Å². The van der Waals surface area contributed by atoms with Crippen LogP contribution in [-0.2, 0) is 0 Å². The van der Waals surface area contributed by atoms with E-state index in [0.717, 1.165) is 5.56 Å². The van der Waals surface area contributed by atoms with Crippen LogP contribution in [0.1, 0.15) is 22.8 Å². The first-order chi connectivity index (χ1) is 9.49. The van der Waals surface area contributed by atoms with E-state index >= 15 is 0 Å². The Hall–Kier alpha value is -2.21. The highest BCUT2D eigenvalue weighted by Crippen LogP contribution is 2.29. The summed E-state index contributed by atoms with van der Waals surface area (Å²) >= 11 is 0. The van der Waals surface area contributed by atoms with Gasteiger partial charge in [-0.1, -0.05) is 12.1 Å². The van der Waals surface area contributed by atoms with E-state index in [1.165, 1.54) is 24.3 Å². The maximum atomic E-state index is 12.1. The van der Waals surface area contributed by atoms with Crippen molar-refractivity contribution in [1.82, 2.24) is 4.98 Å². The Balaban J connectivity index is 2.27. The predicted octanol–water partition coefficient (Wildman–Crippen LogP) is 2.66. The van der Waals surface area contributed by atoms with Crippen LogP contribution >= 0.6 is 0 Å². The molecule has 2 rings (SSSR count). The van der Waals surface area contributed by atoms with Crippen molar-refractivity contribution in [3.63, 3.8) is 0 Å². The van der Waals surface area contributed by atoms with Gasteiger partial charge >= 0.3 is 6.61 Å². The summed E-state index contributed by atoms with van der Waals surface area (Å²) < 4.78 is 28.4. The first-order valence-electron chi connectivity index (χ1n) is 5.93. The lowest BCUT2D eigenvalue weighted by molar-refractivity contribution is -0.0498. The van der Waals surface area contributed by atoms with Crippen LogP contribution in [0.2, 0.25) is 0 Å². The first kappa shape index (κ1) is 14.2. The van der Waals surface area contributed by atoms with Gasteiger partial charge in [0.25, 0.3) is 0 Å². The van der Waals surface area contributed by atoms with Crippen molar-refractivity contribution in [2.24, 2.45) is 0 Å². The zero-order valence-corrected chi connectivity index (χ0v) is 10.8. The van der Waals surface area contributed by atoms with Gasteiger partial charge in [-0.25, -0.2) is 4.98 Å². The molecule has 106 valence electrons. The van der Waals surface area contributed by atoms with Crippen molar-refractivity contribution in [1.29, 1.82) is 0 Å². The Morgan fingerprint density at radius 1 is 1.20 bits per heavy atom. The van der Waals surface area contributed by atoms with Crippen molar-refractivity contribution in [3.8, 4) is 5.75 Å². The minimum absolute atomic E-state index is 0.0341. The fraction of sp³-hybridized carbons (Fsp3) is 0.214. The molecule has 4 nitrogen and oxygen atoms in total. The first-order valence-corrected chi connectivity index (χ1v) is 5.93. The van der Waals surface area contributed by atoms with E-state index in [1.807, 2.05) is 6.92 Å². The molecule has 0 fully saturated rings. The lowest BCUT2D eigenvalue weighted by Crippen LogP contribution is -2.08. The molecule has 1 unspecified atom stereocenters. The lowest BCUT2D eigenvalue weighted by Gasteiger charge is -2.16. The van der Waals surface area contributed by atoms with Crippen molar-refractivity contribution < 1.29 is 18.6 Å². The summed E-state index contributed by atoms with van der Waals surface area (Å²) in [6, 6.07) is 7.49. The number of nitrogen functional groups attached to an aromatic ring is 1. The number of hydrogen-bond acceptors (Lipinski definition) is 4. The molecule has 6 heteroatoms. The minimum atomic E-state index is -2.87. The van der Waals surface area contributed by atoms with Gasteiger partial charge in [0.15, 0.2) is 0 Å². The Kier molecular flexibility index (Phi) is 4.14. The number of halogens is 2. The average molecular weight is 280 g/mol. The molecule has 0 saturated heterocycles. The van der Waals surface area contributed by atoms with Crippen LogP contribution in [0.3, 0.4) is 0 Å². The number of pyridine rings is 1. The zero-order chi connectivity index (χ0) is 14.7. The molecule has 0 aliphatic heterocycles. The van der Waals surface area contributed by atoms with Gasteiger partial charge in [0.05, 0.1) is 0 Å². The summed E-state index contributed by atoms with van der Waals surface area (Å²) in [5, 5.41) is 10.3. The third kappa shape index (κ3) is 3.03. The molecular weight excluding hydrogens is 266 g/mol. The Labute approximate surface area is 114 Å². The van der Waals surface area contributed by atoms with Crippen LogP contribution in [0.4, 0.5) is 14.6 Å². The number of anilines is 1. The maximum absolute atomic E-state index is 12.1. The van der Waals surface area contributed by atoms with Crippen LogP contribution in [0, 0.1) is 6.92 Å². The summed E-state index contributed by atoms with van der Waals surface area (Å²) in [6.45, 7) is -1.06. The highest BCUT2D eigenvalue weighted by Gasteiger charge is 2.17. The number of nitrogens with zero attached hydrogens (tertiary/aromatic N) is 1. The van der Waals surface area contributed by atoms with E-state index in [4.69, 9.17) is 5.73 Å². The van der Waals surface area contributed by atoms with E-state index in [0.29, 0.717) is 11.1 Å². The number of alkyl halides is 2. The van der Waals surface area contributed by atoms with Crippen LogP contribution in [0.25, 0.3) is 0 Å². The van der Waals surface area contributed by atoms with Crippen LogP contribution < -0.4 is 10.5 Å². The summed E-state index contributed by atoms with van der Waals surface area (Å²) in [7, 11) is 0. The molecule has 2 aromatic rings. The van der Waals surface area contributed by atoms with E-state index in [-0.39, 0.29) is 11.6 Å². The van der Waals surface area contributed by atoms with Gasteiger partial charge in [0.1, 0.15) is 17.7 Å². The largest absolute Gasteiger partial charge is 0.435 e. The molecule has 1 aromatic heterocycles. The summed E-state index contributed by atoms with van der Waals surface area (Å²) in [5.74, 6) is 0.275. The molecule has 0 aliphatic rings. The topological polar surface area (TPSA) is 68.4 Å². The number of aliphatic hydroxyl groups is 1. The van der Waals surface area contributed by atoms with E-state index < -0.39 is 12.7 Å². The number of hydrogen-bond donors (Lipinski definition) is 2. The van der Waals surface area contributed by atoms with Gasteiger partial charge < -0.3 is 15.6 Å². The third-order valence-electron chi connectivity index (χ3n) is 2.93. The SMILES string of the molecule is Cc1ccnc(N)c1C(O)c1ccc(OC(F)F)cc1. The van der Waals surface area contributed by atoms with E-state index in [2.05, 4.69) is 9.72 Å². The molecule has 0 aliphatic carbocycles. The average Bonchev–Trinajstić information content (AvgIpc) is 2.38. The van der Waals surface area contributed by atoms with Crippen molar-refractivity contribution in [2.75, 3.05) is 5.73 Å². The number of benzene rings is 1. The number of rotatable bonds is 4. The maximum Gasteiger partial charge on any atom is 0.387 e. The Morgan fingerprint density at radius 3 is 2.40 bits per heavy atom. The molecule has 0 spiro atoms. The molecule has 0 bridgehead atoms. The highest BCUT2D eigenvalue weighted by molar-refractivity contribution is 5.49. The fourth-order valence-electron chi connectivity index (χ4n) is 1.94. The fourth-order valence-corrected chi connectivity index (χ4v) is 1.94. The number of aryl methyl sites for hydroxylation is 1. The van der Waals surface area contributed by atoms with Gasteiger partial charge in [-0.05, 0) is 36.2 Å². The predicted molar refractivity (Wildman–Crippen MR) is 70.5 cm³/mol. The third-order valence-corrected chi connectivity index (χ3v) is 2.93. The molecule has 0 saturated carbocycles. The standard InChI is InChI=1S/C14H14F2N2O2/c1-8-6-7-18-13(17)11(8)12(19)9-2-4-10(5-3-9)20-14(15)16/h2-7,12,14,19H,1H3,(H2,17,18). The second kappa shape index (κ2) is 5.83. The second-order valence-corrected chi connectivity index (χ2v) is 4.28. The van der Waals surface area contributed by atoms with Crippen LogP contribution in [-0.4, -0.2) is 16.7 Å². The quantitative estimate of drug-likeness (QED) is 0.903. The molecule has 1 heterocycles. The van der Waals surface area contributed by atoms with Gasteiger partial charge in [-0.3, -0.25) is 0 Å². The molecule has 1 aromatic carbocycles. The molecule has 0 amide bonds. The molecular formula is C14H14F2N2O2. The van der Waals surface area contributed by atoms with Gasteiger partial charge in [-0.15, -0.1) is 0 Å². The van der Waals surface area contributed by atoms with Gasteiger partial charge in [-0.2, -0.15) is 8.78 Å². The van der Waals surface area contributed by atoms with Crippen molar-refractivity contribution >= 4 is 5.82 Å². The Bertz CT molecular complexity index is 568. The molecule has 1 atom stereocenters. The molecule has 0 radical (unpaired) electrons.